The summed E-state index contributed by atoms with van der Waals surface area (Å²) in [5, 5.41) is 3.63. The second-order valence-electron chi connectivity index (χ2n) is 4.48. The molecule has 90 valence electrons. The molecule has 16 heavy (non-hydrogen) atoms. The Labute approximate surface area is 99.5 Å². The van der Waals surface area contributed by atoms with Gasteiger partial charge in [0.2, 0.25) is 0 Å². The van der Waals surface area contributed by atoms with Gasteiger partial charge in [-0.2, -0.15) is 0 Å². The van der Waals surface area contributed by atoms with E-state index in [9.17, 15) is 0 Å². The lowest BCUT2D eigenvalue weighted by molar-refractivity contribution is 0.362. The zero-order chi connectivity index (χ0) is 11.8. The Morgan fingerprint density at radius 2 is 2.12 bits per heavy atom. The van der Waals surface area contributed by atoms with Gasteiger partial charge >= 0.3 is 0 Å². The molecule has 0 radical (unpaired) electrons. The molecule has 1 aromatic rings. The summed E-state index contributed by atoms with van der Waals surface area (Å²) in [6.07, 6.45) is 7.50. The molecule has 1 rings (SSSR count). The van der Waals surface area contributed by atoms with Crippen molar-refractivity contribution in [1.82, 2.24) is 10.3 Å². The molecule has 2 unspecified atom stereocenters. The summed E-state index contributed by atoms with van der Waals surface area (Å²) in [7, 11) is 0. The van der Waals surface area contributed by atoms with Crippen molar-refractivity contribution in [3.8, 4) is 0 Å². The molecule has 1 aromatic heterocycles. The van der Waals surface area contributed by atoms with E-state index in [1.54, 1.807) is 0 Å². The van der Waals surface area contributed by atoms with E-state index in [1.807, 2.05) is 18.5 Å². The lowest BCUT2D eigenvalue weighted by Gasteiger charge is -2.25. The number of nitrogens with zero attached hydrogens (tertiary/aromatic N) is 1. The van der Waals surface area contributed by atoms with Gasteiger partial charge in [0, 0.05) is 18.4 Å². The van der Waals surface area contributed by atoms with Crippen LogP contribution in [0.2, 0.25) is 0 Å². The van der Waals surface area contributed by atoms with Crippen LogP contribution >= 0.6 is 0 Å². The summed E-state index contributed by atoms with van der Waals surface area (Å²) in [6.45, 7) is 7.85. The highest BCUT2D eigenvalue weighted by Crippen LogP contribution is 2.24. The van der Waals surface area contributed by atoms with Crippen LogP contribution in [0.1, 0.15) is 51.6 Å². The van der Waals surface area contributed by atoms with E-state index in [0.29, 0.717) is 12.0 Å². The molecule has 2 heteroatoms. The molecule has 0 fully saturated rings. The van der Waals surface area contributed by atoms with Crippen molar-refractivity contribution >= 4 is 0 Å². The lowest BCUT2D eigenvalue weighted by Crippen LogP contribution is -2.27. The van der Waals surface area contributed by atoms with E-state index in [4.69, 9.17) is 0 Å². The third-order valence-electron chi connectivity index (χ3n) is 2.97. The van der Waals surface area contributed by atoms with E-state index in [1.165, 1.54) is 24.8 Å². The minimum absolute atomic E-state index is 0.452. The average molecular weight is 220 g/mol. The van der Waals surface area contributed by atoms with Gasteiger partial charge in [0.05, 0.1) is 0 Å². The summed E-state index contributed by atoms with van der Waals surface area (Å²) >= 11 is 0. The maximum atomic E-state index is 4.22. The number of pyridine rings is 1. The normalized spacial score (nSPS) is 14.7. The van der Waals surface area contributed by atoms with Crippen LogP contribution in [0.4, 0.5) is 0 Å². The first kappa shape index (κ1) is 13.2. The third-order valence-corrected chi connectivity index (χ3v) is 2.97. The molecule has 0 saturated heterocycles. The van der Waals surface area contributed by atoms with E-state index >= 15 is 0 Å². The Hall–Kier alpha value is -0.890. The highest BCUT2D eigenvalue weighted by Gasteiger charge is 2.17. The zero-order valence-electron chi connectivity index (χ0n) is 10.7. The number of rotatable bonds is 7. The van der Waals surface area contributed by atoms with Crippen molar-refractivity contribution in [3.05, 3.63) is 30.1 Å². The van der Waals surface area contributed by atoms with E-state index < -0.39 is 0 Å². The van der Waals surface area contributed by atoms with Crippen molar-refractivity contribution in [2.45, 2.75) is 46.1 Å². The summed E-state index contributed by atoms with van der Waals surface area (Å²) in [6, 6.07) is 4.65. The molecule has 0 aliphatic heterocycles. The topological polar surface area (TPSA) is 24.9 Å². The largest absolute Gasteiger partial charge is 0.310 e. The van der Waals surface area contributed by atoms with Gasteiger partial charge in [0.25, 0.3) is 0 Å². The lowest BCUT2D eigenvalue weighted by atomic mass is 9.92. The molecule has 0 aliphatic rings. The Bertz CT molecular complexity index is 271. The monoisotopic (exact) mass is 220 g/mol. The highest BCUT2D eigenvalue weighted by molar-refractivity contribution is 5.14. The minimum Gasteiger partial charge on any atom is -0.310 e. The van der Waals surface area contributed by atoms with Crippen LogP contribution in [-0.4, -0.2) is 11.5 Å². The number of hydrogen-bond donors (Lipinski definition) is 1. The van der Waals surface area contributed by atoms with Crippen LogP contribution in [0.5, 0.6) is 0 Å². The molecule has 1 N–H and O–H groups in total. The maximum Gasteiger partial charge on any atom is 0.0361 e. The van der Waals surface area contributed by atoms with Crippen molar-refractivity contribution in [2.75, 3.05) is 6.54 Å². The molecule has 0 amide bonds. The van der Waals surface area contributed by atoms with E-state index in [0.717, 1.165) is 6.54 Å². The molecular formula is C14H24N2. The van der Waals surface area contributed by atoms with Gasteiger partial charge in [0.15, 0.2) is 0 Å². The number of nitrogens with one attached hydrogen (secondary N) is 1. The summed E-state index contributed by atoms with van der Waals surface area (Å²) in [5.74, 6) is 0.667. The van der Waals surface area contributed by atoms with Crippen molar-refractivity contribution in [1.29, 1.82) is 0 Å². The predicted molar refractivity (Wildman–Crippen MR) is 69.3 cm³/mol. The molecular weight excluding hydrogens is 196 g/mol. The number of hydrogen-bond acceptors (Lipinski definition) is 2. The van der Waals surface area contributed by atoms with Crippen molar-refractivity contribution in [2.24, 2.45) is 5.92 Å². The van der Waals surface area contributed by atoms with E-state index in [2.05, 4.69) is 37.1 Å². The average Bonchev–Trinajstić information content (AvgIpc) is 2.31. The standard InChI is InChI=1S/C14H24N2/c1-4-7-12(3)14(16-9-5-2)13-8-6-10-15-11-13/h6,8,10-12,14,16H,4-5,7,9H2,1-3H3. The van der Waals surface area contributed by atoms with Gasteiger partial charge in [-0.25, -0.2) is 0 Å². The first-order chi connectivity index (χ1) is 7.79. The Morgan fingerprint density at radius 1 is 1.31 bits per heavy atom. The Kier molecular flexibility index (Phi) is 6.09. The summed E-state index contributed by atoms with van der Waals surface area (Å²) in [4.78, 5) is 4.22. The van der Waals surface area contributed by atoms with Crippen molar-refractivity contribution < 1.29 is 0 Å². The first-order valence-corrected chi connectivity index (χ1v) is 6.42. The molecule has 2 nitrogen and oxygen atoms in total. The molecule has 0 saturated carbocycles. The van der Waals surface area contributed by atoms with Gasteiger partial charge in [-0.15, -0.1) is 0 Å². The Morgan fingerprint density at radius 3 is 2.69 bits per heavy atom. The van der Waals surface area contributed by atoms with Gasteiger partial charge in [-0.3, -0.25) is 4.98 Å². The molecule has 0 bridgehead atoms. The second kappa shape index (κ2) is 7.39. The predicted octanol–water partition coefficient (Wildman–Crippen LogP) is 3.56. The van der Waals surface area contributed by atoms with Crippen LogP contribution < -0.4 is 5.32 Å². The van der Waals surface area contributed by atoms with Gasteiger partial charge in [-0.1, -0.05) is 33.3 Å². The van der Waals surface area contributed by atoms with Crippen LogP contribution in [0.15, 0.2) is 24.5 Å². The van der Waals surface area contributed by atoms with E-state index in [-0.39, 0.29) is 0 Å². The zero-order valence-corrected chi connectivity index (χ0v) is 10.7. The number of aromatic nitrogens is 1. The van der Waals surface area contributed by atoms with Gasteiger partial charge < -0.3 is 5.32 Å². The van der Waals surface area contributed by atoms with Gasteiger partial charge in [-0.05, 0) is 36.9 Å². The SMILES string of the molecule is CCCNC(c1cccnc1)C(C)CCC. The molecule has 0 aliphatic carbocycles. The first-order valence-electron chi connectivity index (χ1n) is 6.42. The quantitative estimate of drug-likeness (QED) is 0.760. The fourth-order valence-electron chi connectivity index (χ4n) is 2.13. The van der Waals surface area contributed by atoms with Crippen molar-refractivity contribution in [3.63, 3.8) is 0 Å². The van der Waals surface area contributed by atoms with Crippen LogP contribution in [0, 0.1) is 5.92 Å². The maximum absolute atomic E-state index is 4.22. The minimum atomic E-state index is 0.452. The Balaban J connectivity index is 2.70. The van der Waals surface area contributed by atoms with Gasteiger partial charge in [0.1, 0.15) is 0 Å². The van der Waals surface area contributed by atoms with Crippen LogP contribution in [-0.2, 0) is 0 Å². The smallest absolute Gasteiger partial charge is 0.0361 e. The summed E-state index contributed by atoms with van der Waals surface area (Å²) < 4.78 is 0. The summed E-state index contributed by atoms with van der Waals surface area (Å²) in [5.41, 5.74) is 1.32. The molecule has 0 aromatic carbocycles. The molecule has 1 heterocycles. The molecule has 0 spiro atoms. The fraction of sp³-hybridized carbons (Fsp3) is 0.643. The van der Waals surface area contributed by atoms with Crippen LogP contribution in [0.3, 0.4) is 0 Å². The van der Waals surface area contributed by atoms with Crippen LogP contribution in [0.25, 0.3) is 0 Å². The second-order valence-corrected chi connectivity index (χ2v) is 4.48. The molecule has 2 atom stereocenters. The highest BCUT2D eigenvalue weighted by atomic mass is 14.9. The third kappa shape index (κ3) is 3.93. The fourth-order valence-corrected chi connectivity index (χ4v) is 2.13.